The Balaban J connectivity index is 2.78. The fraction of sp³-hybridized carbons (Fsp3) is 0.375. The number of aliphatic hydroxyl groups is 1. The van der Waals surface area contributed by atoms with E-state index in [1.165, 1.54) is 0 Å². The number of ether oxygens (including phenoxy) is 1. The number of nitrogens with one attached hydrogen (secondary N) is 1. The number of halogens is 1. The standard InChI is InChI=1S/C8H11BrN2O2/c1-13-7-3-2-6(9)8(11-7)10-4-5-12/h2-3,12H,4-5H2,1H3,(H,10,11). The Morgan fingerprint density at radius 2 is 2.38 bits per heavy atom. The van der Waals surface area contributed by atoms with E-state index in [1.54, 1.807) is 13.2 Å². The van der Waals surface area contributed by atoms with Crippen LogP contribution in [0.3, 0.4) is 0 Å². The summed E-state index contributed by atoms with van der Waals surface area (Å²) in [5.41, 5.74) is 0. The molecule has 2 N–H and O–H groups in total. The van der Waals surface area contributed by atoms with Crippen molar-refractivity contribution in [3.05, 3.63) is 16.6 Å². The highest BCUT2D eigenvalue weighted by atomic mass is 79.9. The van der Waals surface area contributed by atoms with E-state index in [-0.39, 0.29) is 6.61 Å². The Hall–Kier alpha value is -0.810. The summed E-state index contributed by atoms with van der Waals surface area (Å²) in [4.78, 5) is 4.14. The van der Waals surface area contributed by atoms with Crippen LogP contribution in [0, 0.1) is 0 Å². The van der Waals surface area contributed by atoms with Crippen molar-refractivity contribution in [3.63, 3.8) is 0 Å². The number of aromatic nitrogens is 1. The van der Waals surface area contributed by atoms with Crippen molar-refractivity contribution in [2.45, 2.75) is 0 Å². The van der Waals surface area contributed by atoms with E-state index < -0.39 is 0 Å². The summed E-state index contributed by atoms with van der Waals surface area (Å²) in [7, 11) is 1.56. The van der Waals surface area contributed by atoms with Gasteiger partial charge in [0.15, 0.2) is 0 Å². The lowest BCUT2D eigenvalue weighted by atomic mass is 10.4. The quantitative estimate of drug-likeness (QED) is 0.840. The molecule has 13 heavy (non-hydrogen) atoms. The fourth-order valence-electron chi connectivity index (χ4n) is 0.836. The highest BCUT2D eigenvalue weighted by Crippen LogP contribution is 2.22. The summed E-state index contributed by atoms with van der Waals surface area (Å²) in [6, 6.07) is 3.60. The van der Waals surface area contributed by atoms with E-state index in [2.05, 4.69) is 26.2 Å². The predicted octanol–water partition coefficient (Wildman–Crippen LogP) is 1.26. The minimum Gasteiger partial charge on any atom is -0.481 e. The van der Waals surface area contributed by atoms with Gasteiger partial charge in [-0.1, -0.05) is 0 Å². The second-order valence-electron chi connectivity index (χ2n) is 2.33. The molecule has 0 atom stereocenters. The van der Waals surface area contributed by atoms with Crippen LogP contribution < -0.4 is 10.1 Å². The highest BCUT2D eigenvalue weighted by molar-refractivity contribution is 9.10. The van der Waals surface area contributed by atoms with Crippen LogP contribution in [0.2, 0.25) is 0 Å². The van der Waals surface area contributed by atoms with Crippen LogP contribution in [-0.2, 0) is 0 Å². The second-order valence-corrected chi connectivity index (χ2v) is 3.19. The van der Waals surface area contributed by atoms with Gasteiger partial charge in [-0.05, 0) is 22.0 Å². The molecule has 0 aliphatic heterocycles. The molecule has 72 valence electrons. The number of methoxy groups -OCH3 is 1. The van der Waals surface area contributed by atoms with Gasteiger partial charge >= 0.3 is 0 Å². The van der Waals surface area contributed by atoms with E-state index >= 15 is 0 Å². The van der Waals surface area contributed by atoms with Crippen LogP contribution in [0.25, 0.3) is 0 Å². The molecule has 1 heterocycles. The molecule has 0 fully saturated rings. The molecule has 1 rings (SSSR count). The maximum atomic E-state index is 8.61. The van der Waals surface area contributed by atoms with Crippen molar-refractivity contribution in [2.24, 2.45) is 0 Å². The first-order valence-corrected chi connectivity index (χ1v) is 4.62. The Morgan fingerprint density at radius 1 is 1.62 bits per heavy atom. The van der Waals surface area contributed by atoms with Gasteiger partial charge < -0.3 is 15.2 Å². The maximum Gasteiger partial charge on any atom is 0.214 e. The topological polar surface area (TPSA) is 54.4 Å². The van der Waals surface area contributed by atoms with Gasteiger partial charge in [0.05, 0.1) is 18.2 Å². The average Bonchev–Trinajstić information content (AvgIpc) is 2.17. The molecule has 1 aromatic rings. The van der Waals surface area contributed by atoms with Gasteiger partial charge in [0.2, 0.25) is 5.88 Å². The number of hydrogen-bond acceptors (Lipinski definition) is 4. The molecule has 0 aliphatic carbocycles. The van der Waals surface area contributed by atoms with Gasteiger partial charge in [-0.3, -0.25) is 0 Å². The van der Waals surface area contributed by atoms with Gasteiger partial charge in [0, 0.05) is 12.6 Å². The maximum absolute atomic E-state index is 8.61. The number of hydrogen-bond donors (Lipinski definition) is 2. The second kappa shape index (κ2) is 5.04. The van der Waals surface area contributed by atoms with Gasteiger partial charge in [0.25, 0.3) is 0 Å². The third-order valence-corrected chi connectivity index (χ3v) is 2.07. The zero-order valence-corrected chi connectivity index (χ0v) is 8.84. The number of anilines is 1. The molecule has 0 aliphatic rings. The molecule has 0 spiro atoms. The first-order valence-electron chi connectivity index (χ1n) is 3.83. The lowest BCUT2D eigenvalue weighted by Gasteiger charge is -2.07. The summed E-state index contributed by atoms with van der Waals surface area (Å²) < 4.78 is 5.80. The van der Waals surface area contributed by atoms with E-state index in [0.717, 1.165) is 4.47 Å². The molecular formula is C8H11BrN2O2. The van der Waals surface area contributed by atoms with Gasteiger partial charge in [-0.25, -0.2) is 0 Å². The van der Waals surface area contributed by atoms with E-state index in [0.29, 0.717) is 18.2 Å². The molecule has 0 unspecified atom stereocenters. The van der Waals surface area contributed by atoms with Crippen molar-refractivity contribution in [2.75, 3.05) is 25.6 Å². The third kappa shape index (κ3) is 2.86. The summed E-state index contributed by atoms with van der Waals surface area (Å²) in [6.45, 7) is 0.546. The third-order valence-electron chi connectivity index (χ3n) is 1.43. The Bertz CT molecular complexity index is 281. The highest BCUT2D eigenvalue weighted by Gasteiger charge is 2.01. The molecular weight excluding hydrogens is 236 g/mol. The Kier molecular flexibility index (Phi) is 3.98. The Labute approximate surface area is 85.1 Å². The molecule has 0 radical (unpaired) electrons. The number of nitrogens with zero attached hydrogens (tertiary/aromatic N) is 1. The average molecular weight is 247 g/mol. The summed E-state index contributed by atoms with van der Waals surface area (Å²) in [5, 5.41) is 11.6. The zero-order valence-electron chi connectivity index (χ0n) is 7.25. The number of pyridine rings is 1. The van der Waals surface area contributed by atoms with Crippen LogP contribution in [-0.4, -0.2) is 30.4 Å². The molecule has 0 aromatic carbocycles. The van der Waals surface area contributed by atoms with Crippen LogP contribution in [0.4, 0.5) is 5.82 Å². The van der Waals surface area contributed by atoms with Crippen molar-refractivity contribution >= 4 is 21.7 Å². The summed E-state index contributed by atoms with van der Waals surface area (Å²) in [5.74, 6) is 1.22. The first-order chi connectivity index (χ1) is 6.27. The van der Waals surface area contributed by atoms with E-state index in [4.69, 9.17) is 9.84 Å². The molecule has 1 aromatic heterocycles. The lowest BCUT2D eigenvalue weighted by molar-refractivity contribution is 0.311. The Morgan fingerprint density at radius 3 is 3.00 bits per heavy atom. The van der Waals surface area contributed by atoms with Crippen molar-refractivity contribution in [1.82, 2.24) is 4.98 Å². The SMILES string of the molecule is COc1ccc(Br)c(NCCO)n1. The van der Waals surface area contributed by atoms with Crippen LogP contribution >= 0.6 is 15.9 Å². The van der Waals surface area contributed by atoms with E-state index in [9.17, 15) is 0 Å². The molecule has 0 saturated heterocycles. The van der Waals surface area contributed by atoms with Crippen molar-refractivity contribution in [1.29, 1.82) is 0 Å². The number of rotatable bonds is 4. The summed E-state index contributed by atoms with van der Waals surface area (Å²) >= 11 is 3.33. The molecule has 5 heteroatoms. The molecule has 0 amide bonds. The largest absolute Gasteiger partial charge is 0.481 e. The van der Waals surface area contributed by atoms with Gasteiger partial charge in [-0.15, -0.1) is 0 Å². The number of aliphatic hydroxyl groups excluding tert-OH is 1. The zero-order chi connectivity index (χ0) is 9.68. The predicted molar refractivity (Wildman–Crippen MR) is 54.1 cm³/mol. The van der Waals surface area contributed by atoms with E-state index in [1.807, 2.05) is 6.07 Å². The minimum atomic E-state index is 0.0747. The van der Waals surface area contributed by atoms with Crippen molar-refractivity contribution in [3.8, 4) is 5.88 Å². The van der Waals surface area contributed by atoms with Crippen molar-refractivity contribution < 1.29 is 9.84 Å². The monoisotopic (exact) mass is 246 g/mol. The smallest absolute Gasteiger partial charge is 0.214 e. The molecule has 0 saturated carbocycles. The van der Waals surface area contributed by atoms with Gasteiger partial charge in [-0.2, -0.15) is 4.98 Å². The van der Waals surface area contributed by atoms with Crippen LogP contribution in [0.1, 0.15) is 0 Å². The molecule has 0 bridgehead atoms. The normalized spacial score (nSPS) is 9.77. The van der Waals surface area contributed by atoms with Crippen LogP contribution in [0.15, 0.2) is 16.6 Å². The van der Waals surface area contributed by atoms with Gasteiger partial charge in [0.1, 0.15) is 5.82 Å². The molecule has 4 nitrogen and oxygen atoms in total. The first kappa shape index (κ1) is 10.3. The summed E-state index contributed by atoms with van der Waals surface area (Å²) in [6.07, 6.45) is 0. The lowest BCUT2D eigenvalue weighted by Crippen LogP contribution is -2.07. The fourth-order valence-corrected chi connectivity index (χ4v) is 1.20. The van der Waals surface area contributed by atoms with Crippen LogP contribution in [0.5, 0.6) is 5.88 Å². The minimum absolute atomic E-state index is 0.0747.